The number of ketones is 1. The van der Waals surface area contributed by atoms with Crippen LogP contribution in [0.25, 0.3) is 0 Å². The van der Waals surface area contributed by atoms with E-state index in [2.05, 4.69) is 0 Å². The number of rotatable bonds is 3. The van der Waals surface area contributed by atoms with Gasteiger partial charge in [0.05, 0.1) is 5.56 Å². The Kier molecular flexibility index (Phi) is 4.27. The highest BCUT2D eigenvalue weighted by molar-refractivity contribution is 6.19. The lowest BCUT2D eigenvalue weighted by Crippen LogP contribution is -2.32. The van der Waals surface area contributed by atoms with Gasteiger partial charge < -0.3 is 5.11 Å². The minimum absolute atomic E-state index is 0.0312. The van der Waals surface area contributed by atoms with Crippen LogP contribution in [-0.4, -0.2) is 16.8 Å². The number of aryl methyl sites for hydroxylation is 3. The number of hydrogen-bond acceptors (Lipinski definition) is 3. The number of amides is 1. The molecule has 0 bridgehead atoms. The lowest BCUT2D eigenvalue weighted by molar-refractivity contribution is 0.0914. The van der Waals surface area contributed by atoms with Crippen molar-refractivity contribution in [2.24, 2.45) is 0 Å². The molecule has 3 aromatic rings. The Morgan fingerprint density at radius 2 is 1.61 bits per heavy atom. The van der Waals surface area contributed by atoms with Crippen molar-refractivity contribution in [3.8, 4) is 5.75 Å². The summed E-state index contributed by atoms with van der Waals surface area (Å²) in [6.45, 7) is 5.62. The Hall–Kier alpha value is -3.40. The average molecular weight is 371 g/mol. The molecule has 3 aromatic carbocycles. The van der Waals surface area contributed by atoms with E-state index in [1.54, 1.807) is 25.1 Å². The van der Waals surface area contributed by atoms with Crippen LogP contribution in [0.4, 0.5) is 5.69 Å². The first-order valence-corrected chi connectivity index (χ1v) is 9.22. The Balaban J connectivity index is 1.89. The number of hydrogen-bond donors (Lipinski definition) is 1. The molecule has 1 amide bonds. The summed E-state index contributed by atoms with van der Waals surface area (Å²) in [6.07, 6.45) is 0. The van der Waals surface area contributed by atoms with E-state index < -0.39 is 6.04 Å². The number of anilines is 1. The van der Waals surface area contributed by atoms with Crippen molar-refractivity contribution in [2.75, 3.05) is 4.90 Å². The van der Waals surface area contributed by atoms with Gasteiger partial charge in [-0.1, -0.05) is 42.0 Å². The van der Waals surface area contributed by atoms with Crippen molar-refractivity contribution in [3.05, 3.63) is 94.0 Å². The third kappa shape index (κ3) is 2.78. The number of Topliss-reactive ketones (excluding diaryl/α,β-unsaturated/α-hetero) is 1. The topological polar surface area (TPSA) is 57.6 Å². The van der Waals surface area contributed by atoms with Crippen molar-refractivity contribution < 1.29 is 14.7 Å². The molecule has 28 heavy (non-hydrogen) atoms. The number of benzene rings is 3. The molecule has 140 valence electrons. The van der Waals surface area contributed by atoms with E-state index in [0.717, 1.165) is 11.1 Å². The van der Waals surface area contributed by atoms with Crippen LogP contribution in [0.15, 0.2) is 60.7 Å². The van der Waals surface area contributed by atoms with Gasteiger partial charge in [-0.2, -0.15) is 0 Å². The third-order valence-electron chi connectivity index (χ3n) is 5.23. The Morgan fingerprint density at radius 3 is 2.32 bits per heavy atom. The SMILES string of the molecule is Cc1ccc(N2C(=O)c3ccccc3[C@@H]2C(=O)c2cc(C)cc(C)c2O)cc1. The molecule has 0 fully saturated rings. The van der Waals surface area contributed by atoms with E-state index in [1.807, 2.05) is 56.3 Å². The maximum atomic E-state index is 13.6. The lowest BCUT2D eigenvalue weighted by Gasteiger charge is -2.25. The maximum absolute atomic E-state index is 13.6. The predicted molar refractivity (Wildman–Crippen MR) is 109 cm³/mol. The van der Waals surface area contributed by atoms with E-state index in [0.29, 0.717) is 22.4 Å². The lowest BCUT2D eigenvalue weighted by atomic mass is 9.93. The van der Waals surface area contributed by atoms with E-state index in [1.165, 1.54) is 4.90 Å². The number of phenolic OH excluding ortho intramolecular Hbond substituents is 1. The summed E-state index contributed by atoms with van der Waals surface area (Å²) in [6, 6.07) is 17.4. The third-order valence-corrected chi connectivity index (χ3v) is 5.23. The molecule has 0 radical (unpaired) electrons. The van der Waals surface area contributed by atoms with Crippen LogP contribution in [0.2, 0.25) is 0 Å². The normalized spacial score (nSPS) is 15.6. The first-order chi connectivity index (χ1) is 13.4. The molecule has 4 nitrogen and oxygen atoms in total. The zero-order valence-corrected chi connectivity index (χ0v) is 16.1. The van der Waals surface area contributed by atoms with E-state index in [4.69, 9.17) is 0 Å². The van der Waals surface area contributed by atoms with Crippen molar-refractivity contribution in [2.45, 2.75) is 26.8 Å². The summed E-state index contributed by atoms with van der Waals surface area (Å²) in [5, 5.41) is 10.5. The highest BCUT2D eigenvalue weighted by atomic mass is 16.3. The number of phenols is 1. The first-order valence-electron chi connectivity index (χ1n) is 9.22. The van der Waals surface area contributed by atoms with E-state index >= 15 is 0 Å². The molecule has 0 saturated carbocycles. The van der Waals surface area contributed by atoms with Gasteiger partial charge in [-0.15, -0.1) is 0 Å². The molecule has 1 N–H and O–H groups in total. The number of carbonyl (C=O) groups excluding carboxylic acids is 2. The van der Waals surface area contributed by atoms with Gasteiger partial charge in [0.15, 0.2) is 5.78 Å². The Bertz CT molecular complexity index is 1100. The van der Waals surface area contributed by atoms with Crippen molar-refractivity contribution >= 4 is 17.4 Å². The average Bonchev–Trinajstić information content (AvgIpc) is 2.98. The van der Waals surface area contributed by atoms with Gasteiger partial charge in [0.2, 0.25) is 0 Å². The van der Waals surface area contributed by atoms with E-state index in [-0.39, 0.29) is 23.0 Å². The standard InChI is InChI=1S/C24H21NO3/c1-14-8-10-17(11-9-14)25-21(18-6-4-5-7-19(18)24(25)28)23(27)20-13-15(2)12-16(3)22(20)26/h4-13,21,26H,1-3H3/t21-/m1/s1. The van der Waals surface area contributed by atoms with Crippen LogP contribution in [-0.2, 0) is 0 Å². The molecule has 0 aliphatic carbocycles. The molecule has 4 heteroatoms. The van der Waals surface area contributed by atoms with Crippen LogP contribution in [0.5, 0.6) is 5.75 Å². The maximum Gasteiger partial charge on any atom is 0.259 e. The fourth-order valence-electron chi connectivity index (χ4n) is 3.84. The minimum Gasteiger partial charge on any atom is -0.507 e. The smallest absolute Gasteiger partial charge is 0.259 e. The summed E-state index contributed by atoms with van der Waals surface area (Å²) >= 11 is 0. The monoisotopic (exact) mass is 371 g/mol. The second-order valence-electron chi connectivity index (χ2n) is 7.34. The molecule has 0 aromatic heterocycles. The minimum atomic E-state index is -0.807. The first kappa shape index (κ1) is 18.0. The Labute approximate surface area is 164 Å². The fourth-order valence-corrected chi connectivity index (χ4v) is 3.84. The fraction of sp³-hybridized carbons (Fsp3) is 0.167. The van der Waals surface area contributed by atoms with Gasteiger partial charge >= 0.3 is 0 Å². The van der Waals surface area contributed by atoms with Gasteiger partial charge in [-0.3, -0.25) is 14.5 Å². The van der Waals surface area contributed by atoms with E-state index in [9.17, 15) is 14.7 Å². The summed E-state index contributed by atoms with van der Waals surface area (Å²) < 4.78 is 0. The Morgan fingerprint density at radius 1 is 0.929 bits per heavy atom. The molecule has 1 heterocycles. The van der Waals surface area contributed by atoms with Gasteiger partial charge in [0.1, 0.15) is 11.8 Å². The molecule has 4 rings (SSSR count). The molecular weight excluding hydrogens is 350 g/mol. The van der Waals surface area contributed by atoms with Crippen LogP contribution >= 0.6 is 0 Å². The molecule has 1 atom stereocenters. The zero-order chi connectivity index (χ0) is 20.0. The number of nitrogens with zero attached hydrogens (tertiary/aromatic N) is 1. The molecule has 0 saturated heterocycles. The number of carbonyl (C=O) groups is 2. The van der Waals surface area contributed by atoms with Crippen LogP contribution in [0.1, 0.15) is 49.0 Å². The summed E-state index contributed by atoms with van der Waals surface area (Å²) in [7, 11) is 0. The van der Waals surface area contributed by atoms with Crippen LogP contribution < -0.4 is 4.90 Å². The molecular formula is C24H21NO3. The van der Waals surface area contributed by atoms with Gasteiger partial charge in [-0.25, -0.2) is 0 Å². The van der Waals surface area contributed by atoms with Crippen molar-refractivity contribution in [1.82, 2.24) is 0 Å². The molecule has 0 spiro atoms. The highest BCUT2D eigenvalue weighted by Gasteiger charge is 2.42. The number of aromatic hydroxyl groups is 1. The quantitative estimate of drug-likeness (QED) is 0.666. The highest BCUT2D eigenvalue weighted by Crippen LogP contribution is 2.41. The van der Waals surface area contributed by atoms with Gasteiger partial charge in [0, 0.05) is 11.3 Å². The summed E-state index contributed by atoms with van der Waals surface area (Å²) in [4.78, 5) is 28.3. The second kappa shape index (κ2) is 6.64. The van der Waals surface area contributed by atoms with Crippen molar-refractivity contribution in [1.29, 1.82) is 0 Å². The summed E-state index contributed by atoms with van der Waals surface area (Å²) in [5.74, 6) is -0.527. The van der Waals surface area contributed by atoms with Gasteiger partial charge in [-0.05, 0) is 61.7 Å². The molecule has 1 aliphatic heterocycles. The second-order valence-corrected chi connectivity index (χ2v) is 7.34. The largest absolute Gasteiger partial charge is 0.507 e. The van der Waals surface area contributed by atoms with Crippen LogP contribution in [0.3, 0.4) is 0 Å². The zero-order valence-electron chi connectivity index (χ0n) is 16.1. The predicted octanol–water partition coefficient (Wildman–Crippen LogP) is 4.90. The summed E-state index contributed by atoms with van der Waals surface area (Å²) in [5.41, 5.74) is 4.68. The van der Waals surface area contributed by atoms with Crippen molar-refractivity contribution in [3.63, 3.8) is 0 Å². The number of fused-ring (bicyclic) bond motifs is 1. The van der Waals surface area contributed by atoms with Crippen LogP contribution in [0, 0.1) is 20.8 Å². The molecule has 0 unspecified atom stereocenters. The van der Waals surface area contributed by atoms with Gasteiger partial charge in [0.25, 0.3) is 5.91 Å². The molecule has 1 aliphatic rings.